The number of benzene rings is 1. The Morgan fingerprint density at radius 1 is 1.26 bits per heavy atom. The van der Waals surface area contributed by atoms with Crippen LogP contribution in [-0.2, 0) is 20.7 Å². The maximum atomic E-state index is 12.5. The molecule has 0 radical (unpaired) electrons. The lowest BCUT2D eigenvalue weighted by Crippen LogP contribution is -2.56. The zero-order valence-electron chi connectivity index (χ0n) is 13.0. The summed E-state index contributed by atoms with van der Waals surface area (Å²) in [5.41, 5.74) is -3.01. The van der Waals surface area contributed by atoms with E-state index in [-0.39, 0.29) is 6.42 Å². The zero-order chi connectivity index (χ0) is 16.8. The van der Waals surface area contributed by atoms with Crippen molar-refractivity contribution in [1.82, 2.24) is 5.32 Å². The van der Waals surface area contributed by atoms with Crippen LogP contribution in [0.5, 0.6) is 0 Å². The average Bonchev–Trinajstić information content (AvgIpc) is 2.89. The highest BCUT2D eigenvalue weighted by atomic mass is 16.5. The van der Waals surface area contributed by atoms with Crippen molar-refractivity contribution < 1.29 is 24.5 Å². The lowest BCUT2D eigenvalue weighted by Gasteiger charge is -2.30. The van der Waals surface area contributed by atoms with Crippen LogP contribution in [0.2, 0.25) is 0 Å². The number of aliphatic hydroxyl groups is 2. The molecular formula is C17H19NO5. The number of carbonyl (C=O) groups excluding carboxylic acids is 2. The summed E-state index contributed by atoms with van der Waals surface area (Å²) in [5, 5.41) is 23.7. The molecule has 1 saturated heterocycles. The Balaban J connectivity index is 1.95. The van der Waals surface area contributed by atoms with Gasteiger partial charge in [-0.15, -0.1) is 0 Å². The van der Waals surface area contributed by atoms with E-state index >= 15 is 0 Å². The van der Waals surface area contributed by atoms with Crippen molar-refractivity contribution >= 4 is 11.7 Å². The molecule has 122 valence electrons. The lowest BCUT2D eigenvalue weighted by atomic mass is 9.85. The standard InChI is InChI=1S/C17H19NO5/c1-3-12-10(2)13(19)17(23-12)14(20)16(22,18-15(17)21)9-11-7-5-4-6-8-11/h4-8,14,20,22H,3,9H2,1-2H3,(H,18,21)/t14-,16+,17+/m1/s1. The average molecular weight is 317 g/mol. The van der Waals surface area contributed by atoms with Crippen LogP contribution in [0.1, 0.15) is 25.8 Å². The summed E-state index contributed by atoms with van der Waals surface area (Å²) in [6, 6.07) is 8.93. The Bertz CT molecular complexity index is 698. The molecule has 23 heavy (non-hydrogen) atoms. The third-order valence-corrected chi connectivity index (χ3v) is 4.52. The summed E-state index contributed by atoms with van der Waals surface area (Å²) in [6.45, 7) is 3.35. The van der Waals surface area contributed by atoms with E-state index in [1.807, 2.05) is 6.07 Å². The zero-order valence-corrected chi connectivity index (χ0v) is 13.0. The molecule has 3 atom stereocenters. The van der Waals surface area contributed by atoms with E-state index < -0.39 is 29.1 Å². The van der Waals surface area contributed by atoms with Crippen molar-refractivity contribution in [2.45, 2.75) is 44.1 Å². The minimum Gasteiger partial charge on any atom is -0.470 e. The van der Waals surface area contributed by atoms with E-state index in [2.05, 4.69) is 5.32 Å². The number of allylic oxidation sites excluding steroid dienone is 1. The molecule has 0 aromatic heterocycles. The van der Waals surface area contributed by atoms with Crippen molar-refractivity contribution in [3.63, 3.8) is 0 Å². The summed E-state index contributed by atoms with van der Waals surface area (Å²) in [5.74, 6) is -1.03. The normalized spacial score (nSPS) is 33.3. The van der Waals surface area contributed by atoms with Crippen LogP contribution in [0, 0.1) is 0 Å². The molecule has 1 aromatic carbocycles. The molecule has 0 saturated carbocycles. The van der Waals surface area contributed by atoms with Crippen molar-refractivity contribution in [2.75, 3.05) is 0 Å². The van der Waals surface area contributed by atoms with Crippen molar-refractivity contribution in [3.8, 4) is 0 Å². The van der Waals surface area contributed by atoms with Crippen LogP contribution in [0.15, 0.2) is 41.7 Å². The fourth-order valence-corrected chi connectivity index (χ4v) is 3.26. The second-order valence-electron chi connectivity index (χ2n) is 6.01. The van der Waals surface area contributed by atoms with Gasteiger partial charge >= 0.3 is 0 Å². The van der Waals surface area contributed by atoms with E-state index in [1.165, 1.54) is 0 Å². The first-order chi connectivity index (χ1) is 10.8. The summed E-state index contributed by atoms with van der Waals surface area (Å²) >= 11 is 0. The Kier molecular flexibility index (Phi) is 3.54. The minimum atomic E-state index is -2.08. The third kappa shape index (κ3) is 2.09. The largest absolute Gasteiger partial charge is 0.470 e. The molecule has 1 spiro atoms. The van der Waals surface area contributed by atoms with Gasteiger partial charge in [0.15, 0.2) is 11.8 Å². The topological polar surface area (TPSA) is 95.9 Å². The van der Waals surface area contributed by atoms with Gasteiger partial charge in [-0.1, -0.05) is 37.3 Å². The monoisotopic (exact) mass is 317 g/mol. The number of Topliss-reactive ketones (excluding diaryl/α,β-unsaturated/α-hetero) is 1. The second-order valence-corrected chi connectivity index (χ2v) is 6.01. The number of ketones is 1. The van der Waals surface area contributed by atoms with Gasteiger partial charge in [-0.05, 0) is 12.5 Å². The molecule has 3 N–H and O–H groups in total. The molecule has 1 fully saturated rings. The Hall–Kier alpha value is -2.18. The molecule has 0 unspecified atom stereocenters. The fourth-order valence-electron chi connectivity index (χ4n) is 3.26. The van der Waals surface area contributed by atoms with Gasteiger partial charge in [0, 0.05) is 18.4 Å². The van der Waals surface area contributed by atoms with Crippen LogP contribution in [0.25, 0.3) is 0 Å². The van der Waals surface area contributed by atoms with Crippen LogP contribution in [0.4, 0.5) is 0 Å². The number of aliphatic hydroxyl groups excluding tert-OH is 1. The molecule has 2 heterocycles. The van der Waals surface area contributed by atoms with Gasteiger partial charge in [-0.2, -0.15) is 0 Å². The summed E-state index contributed by atoms with van der Waals surface area (Å²) in [7, 11) is 0. The Morgan fingerprint density at radius 2 is 1.91 bits per heavy atom. The maximum Gasteiger partial charge on any atom is 0.278 e. The van der Waals surface area contributed by atoms with Crippen LogP contribution in [0.3, 0.4) is 0 Å². The SMILES string of the molecule is CCC1=C(C)C(=O)[C@@]2(O1)C(=O)N[C@](O)(Cc1ccccc1)[C@H]2O. The fraction of sp³-hybridized carbons (Fsp3) is 0.412. The molecule has 6 heteroatoms. The van der Waals surface area contributed by atoms with Crippen LogP contribution in [-0.4, -0.2) is 39.3 Å². The van der Waals surface area contributed by atoms with Crippen molar-refractivity contribution in [1.29, 1.82) is 0 Å². The lowest BCUT2D eigenvalue weighted by molar-refractivity contribution is -0.162. The highest BCUT2D eigenvalue weighted by molar-refractivity contribution is 6.20. The molecule has 3 rings (SSSR count). The number of nitrogens with one attached hydrogen (secondary N) is 1. The molecular weight excluding hydrogens is 298 g/mol. The molecule has 2 aliphatic heterocycles. The molecule has 1 amide bonds. The predicted molar refractivity (Wildman–Crippen MR) is 81.1 cm³/mol. The Labute approximate surface area is 133 Å². The van der Waals surface area contributed by atoms with E-state index in [4.69, 9.17) is 4.74 Å². The summed E-state index contributed by atoms with van der Waals surface area (Å²) in [6.07, 6.45) is -1.30. The van der Waals surface area contributed by atoms with E-state index in [0.717, 1.165) is 5.56 Å². The maximum absolute atomic E-state index is 12.5. The first-order valence-electron chi connectivity index (χ1n) is 7.55. The number of amides is 1. The number of hydrogen-bond donors (Lipinski definition) is 3. The number of ether oxygens (including phenoxy) is 1. The van der Waals surface area contributed by atoms with Gasteiger partial charge in [0.05, 0.1) is 0 Å². The smallest absolute Gasteiger partial charge is 0.278 e. The van der Waals surface area contributed by atoms with Crippen molar-refractivity contribution in [2.24, 2.45) is 0 Å². The molecule has 0 aliphatic carbocycles. The van der Waals surface area contributed by atoms with Gasteiger partial charge in [0.2, 0.25) is 5.78 Å². The van der Waals surface area contributed by atoms with Crippen LogP contribution < -0.4 is 5.32 Å². The molecule has 2 aliphatic rings. The first-order valence-corrected chi connectivity index (χ1v) is 7.55. The van der Waals surface area contributed by atoms with Gasteiger partial charge < -0.3 is 20.3 Å². The number of rotatable bonds is 3. The minimum absolute atomic E-state index is 0.0281. The molecule has 0 bridgehead atoms. The Morgan fingerprint density at radius 3 is 2.48 bits per heavy atom. The highest BCUT2D eigenvalue weighted by Crippen LogP contribution is 2.42. The van der Waals surface area contributed by atoms with Gasteiger partial charge in [-0.3, -0.25) is 9.59 Å². The molecule has 1 aromatic rings. The van der Waals surface area contributed by atoms with Gasteiger partial charge in [0.25, 0.3) is 11.5 Å². The quantitative estimate of drug-likeness (QED) is 0.703. The van der Waals surface area contributed by atoms with Crippen LogP contribution >= 0.6 is 0 Å². The number of carbonyl (C=O) groups is 2. The van der Waals surface area contributed by atoms with Gasteiger partial charge in [-0.25, -0.2) is 0 Å². The number of hydrogen-bond acceptors (Lipinski definition) is 5. The third-order valence-electron chi connectivity index (χ3n) is 4.52. The van der Waals surface area contributed by atoms with E-state index in [1.54, 1.807) is 38.1 Å². The van der Waals surface area contributed by atoms with E-state index in [0.29, 0.717) is 17.8 Å². The summed E-state index contributed by atoms with van der Waals surface area (Å²) < 4.78 is 5.55. The highest BCUT2D eigenvalue weighted by Gasteiger charge is 2.70. The van der Waals surface area contributed by atoms with E-state index in [9.17, 15) is 19.8 Å². The van der Waals surface area contributed by atoms with Gasteiger partial charge in [0.1, 0.15) is 5.76 Å². The second kappa shape index (κ2) is 5.18. The summed E-state index contributed by atoms with van der Waals surface area (Å²) in [4.78, 5) is 25.0. The molecule has 6 nitrogen and oxygen atoms in total. The predicted octanol–water partition coefficient (Wildman–Crippen LogP) is 0.430. The van der Waals surface area contributed by atoms with Crippen molar-refractivity contribution in [3.05, 3.63) is 47.2 Å². The first kappa shape index (κ1) is 15.7.